The number of nitrogens with zero attached hydrogens (tertiary/aromatic N) is 1. The zero-order valence-electron chi connectivity index (χ0n) is 25.1. The average molecular weight is 676 g/mol. The molecule has 0 bridgehead atoms. The van der Waals surface area contributed by atoms with Gasteiger partial charge in [-0.05, 0) is 78.0 Å². The van der Waals surface area contributed by atoms with Crippen molar-refractivity contribution in [2.45, 2.75) is 12.0 Å². The quantitative estimate of drug-likeness (QED) is 0.179. The molecule has 0 saturated carbocycles. The van der Waals surface area contributed by atoms with Gasteiger partial charge >= 0.3 is 0 Å². The van der Waals surface area contributed by atoms with Crippen molar-refractivity contribution in [1.82, 2.24) is 0 Å². The van der Waals surface area contributed by atoms with Crippen molar-refractivity contribution < 1.29 is 0 Å². The van der Waals surface area contributed by atoms with E-state index in [0.29, 0.717) is 0 Å². The van der Waals surface area contributed by atoms with Gasteiger partial charge in [-0.25, -0.2) is 0 Å². The first-order valence-electron chi connectivity index (χ1n) is 15.8. The van der Waals surface area contributed by atoms with E-state index in [2.05, 4.69) is 144 Å². The van der Waals surface area contributed by atoms with Crippen LogP contribution in [0, 0.1) is 0 Å². The number of benzene rings is 6. The van der Waals surface area contributed by atoms with Crippen LogP contribution >= 0.6 is 45.6 Å². The second kappa shape index (κ2) is 10.5. The van der Waals surface area contributed by atoms with Gasteiger partial charge in [0.15, 0.2) is 0 Å². The van der Waals surface area contributed by atoms with Crippen LogP contribution in [0.25, 0.3) is 56.5 Å². The van der Waals surface area contributed by atoms with Crippen LogP contribution in [0.5, 0.6) is 0 Å². The Kier molecular flexibility index (Phi) is 6.19. The lowest BCUT2D eigenvalue weighted by atomic mass is 9.73. The van der Waals surface area contributed by atoms with E-state index in [-0.39, 0.29) is 0 Å². The number of anilines is 2. The highest BCUT2D eigenvalue weighted by Gasteiger charge is 2.47. The SMILES string of the molecule is Clc1cccc2sc3cccc(C4(N(c5ccccc5)c5ccc6c(c5)sc5ccccc56)CC=Cc5sc6ccccc6c54)c3c12. The van der Waals surface area contributed by atoms with Crippen LogP contribution in [0.2, 0.25) is 5.02 Å². The number of halogens is 1. The minimum Gasteiger partial charge on any atom is -0.327 e. The summed E-state index contributed by atoms with van der Waals surface area (Å²) in [6.07, 6.45) is 5.54. The molecule has 47 heavy (non-hydrogen) atoms. The summed E-state index contributed by atoms with van der Waals surface area (Å²) in [5.41, 5.74) is 4.41. The molecule has 0 fully saturated rings. The topological polar surface area (TPSA) is 3.24 Å². The first kappa shape index (κ1) is 27.6. The number of hydrogen-bond donors (Lipinski definition) is 0. The predicted molar refractivity (Wildman–Crippen MR) is 209 cm³/mol. The Hall–Kier alpha value is -4.45. The van der Waals surface area contributed by atoms with E-state index in [1.54, 1.807) is 0 Å². The van der Waals surface area contributed by atoms with Crippen molar-refractivity contribution >= 4 is 113 Å². The van der Waals surface area contributed by atoms with Crippen molar-refractivity contribution in [3.8, 4) is 0 Å². The van der Waals surface area contributed by atoms with Crippen molar-refractivity contribution in [3.63, 3.8) is 0 Å². The van der Waals surface area contributed by atoms with E-state index >= 15 is 0 Å². The van der Waals surface area contributed by atoms with E-state index in [0.717, 1.165) is 22.5 Å². The maximum absolute atomic E-state index is 7.11. The molecule has 224 valence electrons. The van der Waals surface area contributed by atoms with Crippen molar-refractivity contribution in [3.05, 3.63) is 161 Å². The molecular formula is C42H26ClNS3. The van der Waals surface area contributed by atoms with Gasteiger partial charge in [-0.1, -0.05) is 96.5 Å². The second-order valence-corrected chi connectivity index (χ2v) is 15.8. The summed E-state index contributed by atoms with van der Waals surface area (Å²) < 4.78 is 6.39. The predicted octanol–water partition coefficient (Wildman–Crippen LogP) is 13.8. The van der Waals surface area contributed by atoms with Gasteiger partial charge in [0.05, 0.1) is 0 Å². The Bertz CT molecular complexity index is 2700. The lowest BCUT2D eigenvalue weighted by molar-refractivity contribution is 0.536. The van der Waals surface area contributed by atoms with Crippen LogP contribution in [0.15, 0.2) is 140 Å². The molecule has 5 heteroatoms. The Morgan fingerprint density at radius 3 is 2.04 bits per heavy atom. The zero-order valence-corrected chi connectivity index (χ0v) is 28.3. The molecule has 1 nitrogen and oxygen atoms in total. The average Bonchev–Trinajstić information content (AvgIpc) is 3.80. The molecule has 1 aliphatic rings. The second-order valence-electron chi connectivity index (χ2n) is 12.1. The fraction of sp³-hybridized carbons (Fsp3) is 0.0476. The lowest BCUT2D eigenvalue weighted by Gasteiger charge is -2.48. The molecule has 0 spiro atoms. The van der Waals surface area contributed by atoms with E-state index in [4.69, 9.17) is 11.6 Å². The summed E-state index contributed by atoms with van der Waals surface area (Å²) in [6, 6.07) is 48.9. The van der Waals surface area contributed by atoms with Crippen LogP contribution in [0.1, 0.15) is 22.4 Å². The smallest absolute Gasteiger partial charge is 0.102 e. The van der Waals surface area contributed by atoms with Crippen LogP contribution in [0.4, 0.5) is 11.4 Å². The van der Waals surface area contributed by atoms with Crippen LogP contribution in [0.3, 0.4) is 0 Å². The van der Waals surface area contributed by atoms with Gasteiger partial charge in [0.1, 0.15) is 5.54 Å². The maximum Gasteiger partial charge on any atom is 0.102 e. The van der Waals surface area contributed by atoms with Gasteiger partial charge in [0.2, 0.25) is 0 Å². The first-order chi connectivity index (χ1) is 23.2. The van der Waals surface area contributed by atoms with Crippen LogP contribution < -0.4 is 4.90 Å². The summed E-state index contributed by atoms with van der Waals surface area (Å²) in [5.74, 6) is 0. The Balaban J connectivity index is 1.38. The number of thiophene rings is 3. The molecule has 1 aliphatic carbocycles. The Labute approximate surface area is 289 Å². The van der Waals surface area contributed by atoms with Gasteiger partial charge in [-0.15, -0.1) is 34.0 Å². The molecule has 0 N–H and O–H groups in total. The molecule has 3 aromatic heterocycles. The number of para-hydroxylation sites is 1. The van der Waals surface area contributed by atoms with E-state index in [1.807, 2.05) is 40.1 Å². The highest BCUT2D eigenvalue weighted by molar-refractivity contribution is 7.26. The van der Waals surface area contributed by atoms with E-state index < -0.39 is 5.54 Å². The molecule has 0 radical (unpaired) electrons. The maximum atomic E-state index is 7.11. The molecule has 6 aromatic carbocycles. The zero-order chi connectivity index (χ0) is 31.1. The summed E-state index contributed by atoms with van der Waals surface area (Å²) in [7, 11) is 0. The molecule has 0 aliphatic heterocycles. The first-order valence-corrected chi connectivity index (χ1v) is 18.6. The normalized spacial score (nSPS) is 16.1. The third-order valence-corrected chi connectivity index (χ3v) is 13.4. The molecule has 1 unspecified atom stereocenters. The summed E-state index contributed by atoms with van der Waals surface area (Å²) in [5, 5.41) is 7.13. The van der Waals surface area contributed by atoms with Gasteiger partial charge in [0.25, 0.3) is 0 Å². The molecular weight excluding hydrogens is 650 g/mol. The highest BCUT2D eigenvalue weighted by Crippen LogP contribution is 2.57. The lowest BCUT2D eigenvalue weighted by Crippen LogP contribution is -2.45. The van der Waals surface area contributed by atoms with Crippen molar-refractivity contribution in [2.24, 2.45) is 0 Å². The molecule has 9 aromatic rings. The molecule has 1 atom stereocenters. The Morgan fingerprint density at radius 2 is 1.19 bits per heavy atom. The highest BCUT2D eigenvalue weighted by atomic mass is 35.5. The summed E-state index contributed by atoms with van der Waals surface area (Å²) in [4.78, 5) is 3.94. The third kappa shape index (κ3) is 3.99. The third-order valence-electron chi connectivity index (χ3n) is 9.65. The number of fused-ring (bicyclic) bond motifs is 9. The standard InChI is InChI=1S/C42H26ClNS3/c43-32-16-9-20-36-40(32)39-31(15-8-19-35(39)47-36)42(24-10-21-37-41(42)30-14-5-7-18-34(30)45-37)44(26-11-2-1-3-12-26)27-22-23-29-28-13-4-6-17-33(28)46-38(29)25-27/h1-23,25H,24H2. The van der Waals surface area contributed by atoms with Crippen molar-refractivity contribution in [1.29, 1.82) is 0 Å². The molecule has 3 heterocycles. The largest absolute Gasteiger partial charge is 0.327 e. The fourth-order valence-electron chi connectivity index (χ4n) is 7.80. The van der Waals surface area contributed by atoms with Crippen LogP contribution in [-0.2, 0) is 5.54 Å². The summed E-state index contributed by atoms with van der Waals surface area (Å²) >= 11 is 12.7. The van der Waals surface area contributed by atoms with Gasteiger partial charge in [-0.3, -0.25) is 0 Å². The minimum atomic E-state index is -0.567. The minimum absolute atomic E-state index is 0.567. The van der Waals surface area contributed by atoms with Gasteiger partial charge in [0, 0.05) is 71.9 Å². The van der Waals surface area contributed by atoms with Gasteiger partial charge in [-0.2, -0.15) is 0 Å². The van der Waals surface area contributed by atoms with E-state index in [1.165, 1.54) is 66.7 Å². The number of hydrogen-bond acceptors (Lipinski definition) is 4. The Morgan fingerprint density at radius 1 is 0.532 bits per heavy atom. The monoisotopic (exact) mass is 675 g/mol. The van der Waals surface area contributed by atoms with Gasteiger partial charge < -0.3 is 4.90 Å². The fourth-order valence-corrected chi connectivity index (χ4v) is 11.6. The molecule has 0 amide bonds. The van der Waals surface area contributed by atoms with Crippen LogP contribution in [-0.4, -0.2) is 0 Å². The van der Waals surface area contributed by atoms with E-state index in [9.17, 15) is 0 Å². The summed E-state index contributed by atoms with van der Waals surface area (Å²) in [6.45, 7) is 0. The number of rotatable bonds is 4. The molecule has 10 rings (SSSR count). The molecule has 0 saturated heterocycles. The van der Waals surface area contributed by atoms with Crippen molar-refractivity contribution in [2.75, 3.05) is 4.90 Å².